The molecule has 2 heterocycles. The van der Waals surface area contributed by atoms with E-state index in [-0.39, 0.29) is 6.10 Å². The Balaban J connectivity index is 1.33. The van der Waals surface area contributed by atoms with Crippen molar-refractivity contribution < 1.29 is 14.2 Å². The van der Waals surface area contributed by atoms with Crippen molar-refractivity contribution in [3.63, 3.8) is 0 Å². The molecule has 1 atom stereocenters. The molecule has 0 spiro atoms. The third kappa shape index (κ3) is 3.98. The van der Waals surface area contributed by atoms with E-state index >= 15 is 0 Å². The Morgan fingerprint density at radius 2 is 1.81 bits per heavy atom. The van der Waals surface area contributed by atoms with Gasteiger partial charge in [0.2, 0.25) is 0 Å². The number of anilines is 1. The van der Waals surface area contributed by atoms with E-state index in [4.69, 9.17) is 14.2 Å². The van der Waals surface area contributed by atoms with E-state index in [0.717, 1.165) is 62.8 Å². The van der Waals surface area contributed by atoms with Gasteiger partial charge >= 0.3 is 0 Å². The molecule has 1 saturated heterocycles. The highest BCUT2D eigenvalue weighted by Gasteiger charge is 2.25. The van der Waals surface area contributed by atoms with Crippen LogP contribution in [0.5, 0.6) is 17.2 Å². The normalized spacial score (nSPS) is 19.9. The van der Waals surface area contributed by atoms with E-state index in [2.05, 4.69) is 28.0 Å². The molecule has 0 saturated carbocycles. The van der Waals surface area contributed by atoms with E-state index in [0.29, 0.717) is 0 Å². The van der Waals surface area contributed by atoms with Crippen molar-refractivity contribution in [2.75, 3.05) is 51.8 Å². The number of methoxy groups -OCH3 is 2. The lowest BCUT2D eigenvalue weighted by molar-refractivity contribution is 0.110. The van der Waals surface area contributed by atoms with Crippen LogP contribution in [0, 0.1) is 0 Å². The van der Waals surface area contributed by atoms with E-state index in [1.165, 1.54) is 11.3 Å². The van der Waals surface area contributed by atoms with E-state index in [9.17, 15) is 0 Å². The molecule has 0 aliphatic carbocycles. The van der Waals surface area contributed by atoms with Crippen LogP contribution in [-0.2, 0) is 6.42 Å². The number of para-hydroxylation sites is 2. The second kappa shape index (κ2) is 8.09. The third-order valence-electron chi connectivity index (χ3n) is 5.56. The molecule has 4 rings (SSSR count). The first-order valence-corrected chi connectivity index (χ1v) is 9.70. The van der Waals surface area contributed by atoms with E-state index < -0.39 is 0 Å². The molecule has 0 radical (unpaired) electrons. The van der Waals surface area contributed by atoms with Crippen molar-refractivity contribution in [3.05, 3.63) is 48.0 Å². The van der Waals surface area contributed by atoms with Gasteiger partial charge in [-0.05, 0) is 36.6 Å². The van der Waals surface area contributed by atoms with Gasteiger partial charge in [-0.15, -0.1) is 0 Å². The summed E-state index contributed by atoms with van der Waals surface area (Å²) in [5.41, 5.74) is 2.47. The minimum Gasteiger partial charge on any atom is -0.497 e. The summed E-state index contributed by atoms with van der Waals surface area (Å²) in [4.78, 5) is 4.93. The monoisotopic (exact) mass is 368 g/mol. The molecule has 2 aromatic rings. The number of nitrogens with zero attached hydrogens (tertiary/aromatic N) is 2. The fraction of sp³-hybridized carbons (Fsp3) is 0.455. The number of hydrogen-bond donors (Lipinski definition) is 0. The Labute approximate surface area is 161 Å². The number of benzene rings is 2. The minimum absolute atomic E-state index is 0.252. The molecular weight excluding hydrogens is 340 g/mol. The van der Waals surface area contributed by atoms with E-state index in [1.807, 2.05) is 24.3 Å². The largest absolute Gasteiger partial charge is 0.497 e. The average Bonchev–Trinajstić information content (AvgIpc) is 2.73. The van der Waals surface area contributed by atoms with Crippen molar-refractivity contribution in [1.29, 1.82) is 0 Å². The van der Waals surface area contributed by atoms with Gasteiger partial charge in [-0.3, -0.25) is 4.90 Å². The first-order chi connectivity index (χ1) is 13.3. The zero-order valence-corrected chi connectivity index (χ0v) is 16.2. The van der Waals surface area contributed by atoms with Crippen LogP contribution in [0.1, 0.15) is 12.0 Å². The van der Waals surface area contributed by atoms with Crippen LogP contribution in [-0.4, -0.2) is 57.9 Å². The van der Waals surface area contributed by atoms with Gasteiger partial charge in [-0.1, -0.05) is 18.2 Å². The molecule has 1 fully saturated rings. The zero-order valence-electron chi connectivity index (χ0n) is 16.2. The topological polar surface area (TPSA) is 34.2 Å². The molecule has 2 aliphatic rings. The van der Waals surface area contributed by atoms with Gasteiger partial charge in [0.05, 0.1) is 19.9 Å². The molecule has 2 aliphatic heterocycles. The Bertz CT molecular complexity index is 772. The average molecular weight is 368 g/mol. The summed E-state index contributed by atoms with van der Waals surface area (Å²) < 4.78 is 17.1. The Kier molecular flexibility index (Phi) is 5.39. The molecule has 0 amide bonds. The van der Waals surface area contributed by atoms with Crippen LogP contribution in [0.2, 0.25) is 0 Å². The van der Waals surface area contributed by atoms with Crippen molar-refractivity contribution >= 4 is 5.69 Å². The smallest absolute Gasteiger partial charge is 0.142 e. The van der Waals surface area contributed by atoms with Crippen molar-refractivity contribution in [3.8, 4) is 17.2 Å². The van der Waals surface area contributed by atoms with Crippen LogP contribution >= 0.6 is 0 Å². The van der Waals surface area contributed by atoms with Gasteiger partial charge in [0.15, 0.2) is 0 Å². The molecule has 27 heavy (non-hydrogen) atoms. The fourth-order valence-corrected chi connectivity index (χ4v) is 4.01. The summed E-state index contributed by atoms with van der Waals surface area (Å²) in [5, 5.41) is 0. The summed E-state index contributed by atoms with van der Waals surface area (Å²) in [7, 11) is 3.44. The predicted molar refractivity (Wildman–Crippen MR) is 107 cm³/mol. The van der Waals surface area contributed by atoms with Gasteiger partial charge in [0, 0.05) is 38.8 Å². The number of piperazine rings is 1. The lowest BCUT2D eigenvalue weighted by atomic mass is 10.0. The number of ether oxygens (including phenoxy) is 3. The second-order valence-corrected chi connectivity index (χ2v) is 7.21. The minimum atomic E-state index is 0.252. The number of aryl methyl sites for hydroxylation is 1. The molecule has 0 aromatic heterocycles. The first kappa shape index (κ1) is 18.0. The SMILES string of the molecule is COc1ccc2c(c1)OC(CN1CCN(c3ccccc3OC)CC1)CC2. The van der Waals surface area contributed by atoms with E-state index in [1.54, 1.807) is 14.2 Å². The van der Waals surface area contributed by atoms with Crippen LogP contribution in [0.15, 0.2) is 42.5 Å². The molecular formula is C22H28N2O3. The van der Waals surface area contributed by atoms with Gasteiger partial charge in [0.1, 0.15) is 23.4 Å². The maximum Gasteiger partial charge on any atom is 0.142 e. The van der Waals surface area contributed by atoms with Crippen LogP contribution in [0.3, 0.4) is 0 Å². The lowest BCUT2D eigenvalue weighted by Crippen LogP contribution is -2.49. The van der Waals surface area contributed by atoms with Crippen molar-refractivity contribution in [2.45, 2.75) is 18.9 Å². The predicted octanol–water partition coefficient (Wildman–Crippen LogP) is 3.22. The van der Waals surface area contributed by atoms with Crippen LogP contribution < -0.4 is 19.1 Å². The van der Waals surface area contributed by atoms with Gasteiger partial charge in [-0.25, -0.2) is 0 Å². The number of hydrogen-bond acceptors (Lipinski definition) is 5. The Morgan fingerprint density at radius 1 is 1.00 bits per heavy atom. The van der Waals surface area contributed by atoms with Crippen LogP contribution in [0.4, 0.5) is 5.69 Å². The van der Waals surface area contributed by atoms with Gasteiger partial charge in [0.25, 0.3) is 0 Å². The van der Waals surface area contributed by atoms with Gasteiger partial charge < -0.3 is 19.1 Å². The highest BCUT2D eigenvalue weighted by atomic mass is 16.5. The molecule has 0 N–H and O–H groups in total. The molecule has 2 aromatic carbocycles. The van der Waals surface area contributed by atoms with Crippen molar-refractivity contribution in [1.82, 2.24) is 4.90 Å². The summed E-state index contributed by atoms with van der Waals surface area (Å²) in [6, 6.07) is 14.4. The number of fused-ring (bicyclic) bond motifs is 1. The summed E-state index contributed by atoms with van der Waals surface area (Å²) >= 11 is 0. The summed E-state index contributed by atoms with van der Waals surface area (Å²) in [5.74, 6) is 2.80. The molecule has 5 nitrogen and oxygen atoms in total. The summed E-state index contributed by atoms with van der Waals surface area (Å²) in [6.07, 6.45) is 2.40. The molecule has 144 valence electrons. The first-order valence-electron chi connectivity index (χ1n) is 9.70. The summed E-state index contributed by atoms with van der Waals surface area (Å²) in [6.45, 7) is 5.09. The molecule has 0 bridgehead atoms. The highest BCUT2D eigenvalue weighted by molar-refractivity contribution is 5.58. The Hall–Kier alpha value is -2.40. The van der Waals surface area contributed by atoms with Crippen molar-refractivity contribution in [2.24, 2.45) is 0 Å². The zero-order chi connectivity index (χ0) is 18.6. The maximum atomic E-state index is 6.27. The molecule has 1 unspecified atom stereocenters. The fourth-order valence-electron chi connectivity index (χ4n) is 4.01. The quantitative estimate of drug-likeness (QED) is 0.810. The van der Waals surface area contributed by atoms with Gasteiger partial charge in [-0.2, -0.15) is 0 Å². The third-order valence-corrected chi connectivity index (χ3v) is 5.56. The van der Waals surface area contributed by atoms with Crippen LogP contribution in [0.25, 0.3) is 0 Å². The highest BCUT2D eigenvalue weighted by Crippen LogP contribution is 2.32. The molecule has 5 heteroatoms. The Morgan fingerprint density at radius 3 is 2.59 bits per heavy atom. The lowest BCUT2D eigenvalue weighted by Gasteiger charge is -2.38. The maximum absolute atomic E-state index is 6.27. The number of rotatable bonds is 5. The standard InChI is InChI=1S/C22H28N2O3/c1-25-18-9-7-17-8-10-19(27-22(17)15-18)16-23-11-13-24(14-12-23)20-5-3-4-6-21(20)26-2/h3-7,9,15,19H,8,10-14,16H2,1-2H3. The second-order valence-electron chi connectivity index (χ2n) is 7.21.